The summed E-state index contributed by atoms with van der Waals surface area (Å²) in [6.07, 6.45) is 4.64. The van der Waals surface area contributed by atoms with Gasteiger partial charge in [0.05, 0.1) is 10.7 Å². The maximum atomic E-state index is 13.7. The number of halogens is 3. The van der Waals surface area contributed by atoms with Crippen LogP contribution in [0.25, 0.3) is 0 Å². The second-order valence-corrected chi connectivity index (χ2v) is 10.2. The van der Waals surface area contributed by atoms with Gasteiger partial charge >= 0.3 is 0 Å². The number of dihydropyridines is 1. The highest BCUT2D eigenvalue weighted by Gasteiger charge is 2.26. The van der Waals surface area contributed by atoms with Gasteiger partial charge in [0.2, 0.25) is 11.8 Å². The van der Waals surface area contributed by atoms with Crippen LogP contribution < -0.4 is 15.8 Å². The molecule has 0 aliphatic carbocycles. The molecular weight excluding hydrogens is 530 g/mol. The molecular formula is C27H29Cl2FN6O2. The molecule has 1 aromatic carbocycles. The van der Waals surface area contributed by atoms with Crippen molar-refractivity contribution in [2.75, 3.05) is 25.4 Å². The molecule has 2 aliphatic heterocycles. The lowest BCUT2D eigenvalue weighted by atomic mass is 9.97. The molecule has 200 valence electrons. The van der Waals surface area contributed by atoms with Crippen LogP contribution in [0.5, 0.6) is 5.75 Å². The molecule has 38 heavy (non-hydrogen) atoms. The second-order valence-electron chi connectivity index (χ2n) is 9.43. The summed E-state index contributed by atoms with van der Waals surface area (Å²) in [7, 11) is 0. The highest BCUT2D eigenvalue weighted by molar-refractivity contribution is 6.35. The Labute approximate surface area is 231 Å². The van der Waals surface area contributed by atoms with Crippen molar-refractivity contribution in [1.29, 1.82) is 10.7 Å². The van der Waals surface area contributed by atoms with Crippen LogP contribution in [0.15, 0.2) is 47.5 Å². The summed E-state index contributed by atoms with van der Waals surface area (Å²) < 4.78 is 25.6. The highest BCUT2D eigenvalue weighted by atomic mass is 35.5. The van der Waals surface area contributed by atoms with E-state index in [1.54, 1.807) is 24.3 Å². The quantitative estimate of drug-likeness (QED) is 0.231. The first-order valence-electron chi connectivity index (χ1n) is 12.3. The maximum Gasteiger partial charge on any atom is 0.232 e. The van der Waals surface area contributed by atoms with E-state index >= 15 is 0 Å². The third-order valence-electron chi connectivity index (χ3n) is 6.64. The van der Waals surface area contributed by atoms with E-state index in [-0.39, 0.29) is 34.0 Å². The number of nitriles is 1. The summed E-state index contributed by atoms with van der Waals surface area (Å²) in [5.41, 5.74) is 8.29. The van der Waals surface area contributed by atoms with Crippen LogP contribution in [-0.2, 0) is 11.3 Å². The zero-order valence-electron chi connectivity index (χ0n) is 21.2. The fourth-order valence-corrected chi connectivity index (χ4v) is 4.82. The van der Waals surface area contributed by atoms with E-state index in [2.05, 4.69) is 35.1 Å². The van der Waals surface area contributed by atoms with Crippen LogP contribution in [0.3, 0.4) is 0 Å². The first kappa shape index (κ1) is 27.7. The monoisotopic (exact) mass is 558 g/mol. The van der Waals surface area contributed by atoms with Crippen LogP contribution in [-0.4, -0.2) is 47.4 Å². The Bertz CT molecular complexity index is 1330. The van der Waals surface area contributed by atoms with Gasteiger partial charge in [0.25, 0.3) is 0 Å². The third kappa shape index (κ3) is 6.21. The molecule has 0 bridgehead atoms. The molecule has 1 saturated heterocycles. The van der Waals surface area contributed by atoms with E-state index in [9.17, 15) is 9.65 Å². The SMILES string of the molecule is CC(C)N1CCC(OC2=C(C#N)C=C(C(=N)c3cc(OCc4c(Cl)cnc(F)c4Cl)ccc3N)CN2)CC1. The number of hydrogen-bond donors (Lipinski definition) is 3. The molecule has 4 N–H and O–H groups in total. The topological polar surface area (TPSA) is 120 Å². The van der Waals surface area contributed by atoms with Gasteiger partial charge in [-0.25, -0.2) is 4.98 Å². The predicted molar refractivity (Wildman–Crippen MR) is 146 cm³/mol. The number of nitrogens with one attached hydrogen (secondary N) is 2. The summed E-state index contributed by atoms with van der Waals surface area (Å²) >= 11 is 12.1. The zero-order chi connectivity index (χ0) is 27.4. The van der Waals surface area contributed by atoms with Crippen molar-refractivity contribution in [1.82, 2.24) is 15.2 Å². The minimum atomic E-state index is -0.836. The van der Waals surface area contributed by atoms with E-state index in [0.717, 1.165) is 25.9 Å². The number of rotatable bonds is 8. The summed E-state index contributed by atoms with van der Waals surface area (Å²) in [4.78, 5) is 5.88. The molecule has 11 heteroatoms. The summed E-state index contributed by atoms with van der Waals surface area (Å²) in [6.45, 7) is 6.48. The molecule has 2 aliphatic rings. The first-order valence-corrected chi connectivity index (χ1v) is 13.0. The predicted octanol–water partition coefficient (Wildman–Crippen LogP) is 5.21. The van der Waals surface area contributed by atoms with Gasteiger partial charge in [-0.2, -0.15) is 9.65 Å². The van der Waals surface area contributed by atoms with Gasteiger partial charge in [-0.3, -0.25) is 5.41 Å². The number of nitrogens with zero attached hydrogens (tertiary/aromatic N) is 3. The van der Waals surface area contributed by atoms with Crippen LogP contribution in [0.2, 0.25) is 10.0 Å². The van der Waals surface area contributed by atoms with Crippen molar-refractivity contribution >= 4 is 34.6 Å². The molecule has 0 atom stereocenters. The molecule has 0 unspecified atom stereocenters. The van der Waals surface area contributed by atoms with Gasteiger partial charge in [-0.05, 0) is 56.5 Å². The van der Waals surface area contributed by atoms with Gasteiger partial charge in [-0.15, -0.1) is 0 Å². The van der Waals surface area contributed by atoms with Gasteiger partial charge in [0.15, 0.2) is 0 Å². The first-order chi connectivity index (χ1) is 18.2. The number of nitrogen functional groups attached to an aromatic ring is 1. The lowest BCUT2D eigenvalue weighted by Gasteiger charge is -2.35. The fraction of sp³-hybridized carbons (Fsp3) is 0.370. The Morgan fingerprint density at radius 3 is 2.76 bits per heavy atom. The minimum absolute atomic E-state index is 0.0330. The molecule has 4 rings (SSSR count). The number of ether oxygens (including phenoxy) is 2. The number of piperidine rings is 1. The summed E-state index contributed by atoms with van der Waals surface area (Å²) in [5.74, 6) is -0.00665. The van der Waals surface area contributed by atoms with Crippen molar-refractivity contribution in [3.8, 4) is 11.8 Å². The number of allylic oxidation sites excluding steroid dienone is 2. The van der Waals surface area contributed by atoms with Crippen molar-refractivity contribution in [3.63, 3.8) is 0 Å². The Kier molecular flexibility index (Phi) is 8.77. The van der Waals surface area contributed by atoms with Crippen molar-refractivity contribution in [2.45, 2.75) is 45.4 Å². The van der Waals surface area contributed by atoms with Crippen LogP contribution in [0, 0.1) is 22.7 Å². The normalized spacial score (nSPS) is 16.6. The standard InChI is InChI=1S/C27H29Cl2FN6O2/c1-15(2)36-7-5-18(6-8-36)38-27-16(11-31)9-17(12-35-27)25(33)20-10-19(3-4-23(20)32)37-14-21-22(28)13-34-26(30)24(21)29/h3-4,9-10,13,15,18,33,35H,5-8,12,14,32H2,1-2H3. The number of anilines is 1. The Hall–Kier alpha value is -3.32. The molecule has 8 nitrogen and oxygen atoms in total. The van der Waals surface area contributed by atoms with Crippen LogP contribution >= 0.6 is 23.2 Å². The average Bonchev–Trinajstić information content (AvgIpc) is 2.91. The van der Waals surface area contributed by atoms with E-state index in [1.807, 2.05) is 0 Å². The summed E-state index contributed by atoms with van der Waals surface area (Å²) in [5, 5.41) is 21.7. The van der Waals surface area contributed by atoms with Gasteiger partial charge in [-0.1, -0.05) is 23.2 Å². The largest absolute Gasteiger partial charge is 0.489 e. The summed E-state index contributed by atoms with van der Waals surface area (Å²) in [6, 6.07) is 7.54. The van der Waals surface area contributed by atoms with Crippen LogP contribution in [0.1, 0.15) is 37.8 Å². The number of aromatic nitrogens is 1. The minimum Gasteiger partial charge on any atom is -0.489 e. The molecule has 1 aromatic heterocycles. The highest BCUT2D eigenvalue weighted by Crippen LogP contribution is 2.29. The van der Waals surface area contributed by atoms with Crippen molar-refractivity contribution in [3.05, 3.63) is 74.6 Å². The Morgan fingerprint density at radius 2 is 2.08 bits per heavy atom. The zero-order valence-corrected chi connectivity index (χ0v) is 22.7. The van der Waals surface area contributed by atoms with Gasteiger partial charge < -0.3 is 25.4 Å². The number of nitrogens with two attached hydrogens (primary N) is 1. The maximum absolute atomic E-state index is 13.7. The van der Waals surface area contributed by atoms with Gasteiger partial charge in [0, 0.05) is 48.7 Å². The molecule has 0 radical (unpaired) electrons. The number of benzene rings is 1. The average molecular weight is 559 g/mol. The second kappa shape index (κ2) is 12.0. The van der Waals surface area contributed by atoms with Crippen molar-refractivity contribution < 1.29 is 13.9 Å². The molecule has 2 aromatic rings. The number of pyridine rings is 1. The van der Waals surface area contributed by atoms with Crippen molar-refractivity contribution in [2.24, 2.45) is 0 Å². The molecule has 0 saturated carbocycles. The van der Waals surface area contributed by atoms with Gasteiger partial charge in [0.1, 0.15) is 35.1 Å². The van der Waals surface area contributed by atoms with E-state index in [4.69, 9.17) is 43.8 Å². The third-order valence-corrected chi connectivity index (χ3v) is 7.35. The van der Waals surface area contributed by atoms with E-state index in [0.29, 0.717) is 46.6 Å². The Balaban J connectivity index is 1.48. The lowest BCUT2D eigenvalue weighted by Crippen LogP contribution is -2.41. The number of hydrogen-bond acceptors (Lipinski definition) is 8. The van der Waals surface area contributed by atoms with Crippen LogP contribution in [0.4, 0.5) is 10.1 Å². The lowest BCUT2D eigenvalue weighted by molar-refractivity contribution is 0.0323. The molecule has 1 fully saturated rings. The smallest absolute Gasteiger partial charge is 0.232 e. The van der Waals surface area contributed by atoms with E-state index < -0.39 is 5.95 Å². The van der Waals surface area contributed by atoms with E-state index in [1.165, 1.54) is 6.20 Å². The molecule has 3 heterocycles. The Morgan fingerprint density at radius 1 is 1.34 bits per heavy atom. The number of likely N-dealkylation sites (tertiary alicyclic amines) is 1. The molecule has 0 spiro atoms. The molecule has 0 amide bonds. The fourth-order valence-electron chi connectivity index (χ4n) is 4.37.